The molecule has 1 aromatic carbocycles. The fourth-order valence-electron chi connectivity index (χ4n) is 2.74. The van der Waals surface area contributed by atoms with Gasteiger partial charge in [0, 0.05) is 25.7 Å². The van der Waals surface area contributed by atoms with E-state index in [2.05, 4.69) is 57.5 Å². The summed E-state index contributed by atoms with van der Waals surface area (Å²) in [6, 6.07) is 10.4. The van der Waals surface area contributed by atoms with Gasteiger partial charge in [-0.15, -0.1) is 0 Å². The van der Waals surface area contributed by atoms with Crippen LogP contribution in [0.1, 0.15) is 37.9 Å². The number of hydrogen-bond acceptors (Lipinski definition) is 7. The van der Waals surface area contributed by atoms with E-state index in [1.807, 2.05) is 31.3 Å². The molecule has 7 nitrogen and oxygen atoms in total. The van der Waals surface area contributed by atoms with Gasteiger partial charge in [0.05, 0.1) is 17.6 Å². The van der Waals surface area contributed by atoms with Gasteiger partial charge in [0.15, 0.2) is 0 Å². The van der Waals surface area contributed by atoms with Crippen molar-refractivity contribution in [2.24, 2.45) is 5.10 Å². The molecule has 1 heterocycles. The van der Waals surface area contributed by atoms with Crippen molar-refractivity contribution in [2.75, 3.05) is 43.6 Å². The van der Waals surface area contributed by atoms with Crippen LogP contribution in [0.5, 0.6) is 6.01 Å². The van der Waals surface area contributed by atoms with Crippen LogP contribution in [0, 0.1) is 6.92 Å². The Bertz CT molecular complexity index is 743. The molecule has 1 aromatic heterocycles. The maximum Gasteiger partial charge on any atom is 0.319 e. The second-order valence-electron chi connectivity index (χ2n) is 6.61. The summed E-state index contributed by atoms with van der Waals surface area (Å²) in [6.45, 7) is 9.53. The van der Waals surface area contributed by atoms with Crippen molar-refractivity contribution in [3.63, 3.8) is 0 Å². The lowest BCUT2D eigenvalue weighted by Gasteiger charge is -2.23. The lowest BCUT2D eigenvalue weighted by molar-refractivity contribution is 0.293. The lowest BCUT2D eigenvalue weighted by atomic mass is 10.2. The molecule has 0 saturated carbocycles. The lowest BCUT2D eigenvalue weighted by Crippen LogP contribution is -2.26. The molecule has 0 bridgehead atoms. The normalized spacial score (nSPS) is 11.0. The summed E-state index contributed by atoms with van der Waals surface area (Å²) in [7, 11) is 1.89. The molecule has 0 aliphatic rings. The molecular weight excluding hydrogens is 352 g/mol. The molecule has 0 amide bonds. The highest BCUT2D eigenvalue weighted by Gasteiger charge is 2.11. The van der Waals surface area contributed by atoms with Gasteiger partial charge in [0.25, 0.3) is 0 Å². The zero-order valence-electron chi connectivity index (χ0n) is 17.4. The first kappa shape index (κ1) is 21.6. The summed E-state index contributed by atoms with van der Waals surface area (Å²) >= 11 is 0. The Labute approximate surface area is 168 Å². The SMILES string of the molecule is CCCN(CCC)c1cc(/C=N/Nc2cccc(C)c2)nc(OCCNC)n1. The molecule has 0 radical (unpaired) electrons. The largest absolute Gasteiger partial charge is 0.462 e. The molecule has 0 fully saturated rings. The first-order valence-corrected chi connectivity index (χ1v) is 9.93. The van der Waals surface area contributed by atoms with Crippen LogP contribution in [0.3, 0.4) is 0 Å². The predicted octanol–water partition coefficient (Wildman–Crippen LogP) is 3.46. The Balaban J connectivity index is 2.20. The van der Waals surface area contributed by atoms with Crippen molar-refractivity contribution in [3.05, 3.63) is 41.6 Å². The number of benzene rings is 1. The number of nitrogens with one attached hydrogen (secondary N) is 2. The highest BCUT2D eigenvalue weighted by molar-refractivity contribution is 5.79. The molecule has 7 heteroatoms. The fourth-order valence-corrected chi connectivity index (χ4v) is 2.74. The summed E-state index contributed by atoms with van der Waals surface area (Å²) in [5.74, 6) is 0.871. The van der Waals surface area contributed by atoms with Crippen LogP contribution < -0.4 is 20.4 Å². The van der Waals surface area contributed by atoms with Gasteiger partial charge in [-0.25, -0.2) is 0 Å². The molecule has 0 unspecified atom stereocenters. The summed E-state index contributed by atoms with van der Waals surface area (Å²) < 4.78 is 5.72. The molecule has 2 N–H and O–H groups in total. The molecule has 2 aromatic rings. The third kappa shape index (κ3) is 7.15. The van der Waals surface area contributed by atoms with Crippen LogP contribution in [0.2, 0.25) is 0 Å². The third-order valence-corrected chi connectivity index (χ3v) is 4.01. The quantitative estimate of drug-likeness (QED) is 0.332. The zero-order valence-corrected chi connectivity index (χ0v) is 17.4. The molecule has 28 heavy (non-hydrogen) atoms. The van der Waals surface area contributed by atoms with E-state index >= 15 is 0 Å². The number of ether oxygens (including phenoxy) is 1. The molecular formula is C21H32N6O. The number of aryl methyl sites for hydroxylation is 1. The van der Waals surface area contributed by atoms with E-state index in [4.69, 9.17) is 4.74 Å². The molecule has 0 aliphatic heterocycles. The van der Waals surface area contributed by atoms with Crippen molar-refractivity contribution < 1.29 is 4.74 Å². The molecule has 152 valence electrons. The smallest absolute Gasteiger partial charge is 0.319 e. The second kappa shape index (κ2) is 11.9. The van der Waals surface area contributed by atoms with E-state index in [9.17, 15) is 0 Å². The number of likely N-dealkylation sites (N-methyl/N-ethyl adjacent to an activating group) is 1. The topological polar surface area (TPSA) is 74.7 Å². The number of hydrogen-bond donors (Lipinski definition) is 2. The van der Waals surface area contributed by atoms with Crippen molar-refractivity contribution in [1.82, 2.24) is 15.3 Å². The second-order valence-corrected chi connectivity index (χ2v) is 6.61. The highest BCUT2D eigenvalue weighted by Crippen LogP contribution is 2.17. The van der Waals surface area contributed by atoms with E-state index in [0.717, 1.165) is 44.0 Å². The number of anilines is 2. The van der Waals surface area contributed by atoms with E-state index in [-0.39, 0.29) is 0 Å². The van der Waals surface area contributed by atoms with E-state index in [1.165, 1.54) is 5.56 Å². The van der Waals surface area contributed by atoms with Gasteiger partial charge in [-0.05, 0) is 44.5 Å². The summed E-state index contributed by atoms with van der Waals surface area (Å²) in [5, 5.41) is 7.39. The van der Waals surface area contributed by atoms with E-state index < -0.39 is 0 Å². The number of aromatic nitrogens is 2. The Kier molecular flexibility index (Phi) is 9.21. The average molecular weight is 385 g/mol. The third-order valence-electron chi connectivity index (χ3n) is 4.01. The van der Waals surface area contributed by atoms with Crippen LogP contribution in [-0.2, 0) is 0 Å². The first-order valence-electron chi connectivity index (χ1n) is 9.93. The van der Waals surface area contributed by atoms with Gasteiger partial charge in [0.2, 0.25) is 0 Å². The monoisotopic (exact) mass is 384 g/mol. The van der Waals surface area contributed by atoms with E-state index in [1.54, 1.807) is 6.21 Å². The van der Waals surface area contributed by atoms with Gasteiger partial charge >= 0.3 is 6.01 Å². The zero-order chi connectivity index (χ0) is 20.2. The maximum absolute atomic E-state index is 5.72. The summed E-state index contributed by atoms with van der Waals surface area (Å²) in [5.41, 5.74) is 5.88. The van der Waals surface area contributed by atoms with Gasteiger partial charge in [-0.3, -0.25) is 5.43 Å². The average Bonchev–Trinajstić information content (AvgIpc) is 2.68. The molecule has 0 spiro atoms. The predicted molar refractivity (Wildman–Crippen MR) is 117 cm³/mol. The van der Waals surface area contributed by atoms with Crippen molar-refractivity contribution in [2.45, 2.75) is 33.6 Å². The Hall–Kier alpha value is -2.67. The molecule has 2 rings (SSSR count). The van der Waals surface area contributed by atoms with Crippen molar-refractivity contribution in [1.29, 1.82) is 0 Å². The molecule has 0 saturated heterocycles. The molecule has 0 atom stereocenters. The minimum atomic E-state index is 0.377. The van der Waals surface area contributed by atoms with Crippen molar-refractivity contribution in [3.8, 4) is 6.01 Å². The van der Waals surface area contributed by atoms with Gasteiger partial charge < -0.3 is 15.0 Å². The van der Waals surface area contributed by atoms with Gasteiger partial charge in [-0.2, -0.15) is 15.1 Å². The summed E-state index contributed by atoms with van der Waals surface area (Å²) in [4.78, 5) is 11.3. The number of hydrazone groups is 1. The fraction of sp³-hybridized carbons (Fsp3) is 0.476. The van der Waals surface area contributed by atoms with Crippen LogP contribution in [-0.4, -0.2) is 49.5 Å². The standard InChI is InChI=1S/C21H32N6O/c1-5-11-27(12-6-2)20-15-19(24-21(25-20)28-13-10-22-4)16-23-26-18-9-7-8-17(3)14-18/h7-9,14-16,22,26H,5-6,10-13H2,1-4H3/b23-16+. The van der Waals surface area contributed by atoms with Crippen molar-refractivity contribution >= 4 is 17.7 Å². The Morgan fingerprint density at radius 1 is 1.14 bits per heavy atom. The van der Waals surface area contributed by atoms with Crippen LogP contribution in [0.25, 0.3) is 0 Å². The minimum absolute atomic E-state index is 0.377. The van der Waals surface area contributed by atoms with Crippen LogP contribution >= 0.6 is 0 Å². The van der Waals surface area contributed by atoms with Gasteiger partial charge in [-0.1, -0.05) is 26.0 Å². The first-order chi connectivity index (χ1) is 13.7. The number of nitrogens with zero attached hydrogens (tertiary/aromatic N) is 4. The Morgan fingerprint density at radius 3 is 2.61 bits per heavy atom. The minimum Gasteiger partial charge on any atom is -0.462 e. The highest BCUT2D eigenvalue weighted by atomic mass is 16.5. The maximum atomic E-state index is 5.72. The number of rotatable bonds is 12. The van der Waals surface area contributed by atoms with Crippen LogP contribution in [0.4, 0.5) is 11.5 Å². The van der Waals surface area contributed by atoms with E-state index in [0.29, 0.717) is 18.3 Å². The Morgan fingerprint density at radius 2 is 1.93 bits per heavy atom. The van der Waals surface area contributed by atoms with Crippen LogP contribution in [0.15, 0.2) is 35.4 Å². The van der Waals surface area contributed by atoms with Gasteiger partial charge in [0.1, 0.15) is 12.4 Å². The molecule has 0 aliphatic carbocycles. The summed E-state index contributed by atoms with van der Waals surface area (Å²) in [6.07, 6.45) is 3.81.